The van der Waals surface area contributed by atoms with Crippen molar-refractivity contribution < 1.29 is 4.74 Å². The summed E-state index contributed by atoms with van der Waals surface area (Å²) >= 11 is 0. The summed E-state index contributed by atoms with van der Waals surface area (Å²) in [6.45, 7) is 3.91. The van der Waals surface area contributed by atoms with Gasteiger partial charge in [-0.1, -0.05) is 6.07 Å². The summed E-state index contributed by atoms with van der Waals surface area (Å²) in [5.41, 5.74) is 2.69. The Hall–Kier alpha value is -2.23. The topological polar surface area (TPSA) is 47.4 Å². The number of nitrogens with zero attached hydrogens (tertiary/aromatic N) is 3. The standard InChI is InChI=1S/C14H15N3O/c1-10-5-6-13(18-3)12(9-10)17-11(2)14-15-7-4-8-16-14/h4-9H,1-3H3. The molecular formula is C14H15N3O. The summed E-state index contributed by atoms with van der Waals surface area (Å²) in [5, 5.41) is 0. The molecule has 0 saturated carbocycles. The van der Waals surface area contributed by atoms with E-state index in [0.29, 0.717) is 5.82 Å². The fourth-order valence-corrected chi connectivity index (χ4v) is 1.60. The zero-order valence-electron chi connectivity index (χ0n) is 10.7. The molecule has 0 aliphatic carbocycles. The molecule has 0 spiro atoms. The van der Waals surface area contributed by atoms with Crippen LogP contribution in [0.2, 0.25) is 0 Å². The largest absolute Gasteiger partial charge is 0.494 e. The van der Waals surface area contributed by atoms with Gasteiger partial charge in [0.15, 0.2) is 5.82 Å². The zero-order valence-corrected chi connectivity index (χ0v) is 10.7. The number of aliphatic imine (C=N–C) groups is 1. The average Bonchev–Trinajstić information content (AvgIpc) is 2.40. The molecule has 0 amide bonds. The third-order valence-electron chi connectivity index (χ3n) is 2.51. The van der Waals surface area contributed by atoms with E-state index in [0.717, 1.165) is 22.7 Å². The first-order valence-corrected chi connectivity index (χ1v) is 5.68. The van der Waals surface area contributed by atoms with Crippen molar-refractivity contribution in [2.75, 3.05) is 7.11 Å². The van der Waals surface area contributed by atoms with Crippen LogP contribution in [0.15, 0.2) is 41.7 Å². The number of methoxy groups -OCH3 is 1. The molecule has 18 heavy (non-hydrogen) atoms. The second kappa shape index (κ2) is 5.40. The highest BCUT2D eigenvalue weighted by atomic mass is 16.5. The smallest absolute Gasteiger partial charge is 0.173 e. The van der Waals surface area contributed by atoms with Crippen LogP contribution in [0.25, 0.3) is 0 Å². The SMILES string of the molecule is COc1ccc(C)cc1N=C(C)c1ncccn1. The molecule has 4 nitrogen and oxygen atoms in total. The quantitative estimate of drug-likeness (QED) is 0.776. The molecule has 0 bridgehead atoms. The lowest BCUT2D eigenvalue weighted by Crippen LogP contribution is -2.00. The lowest BCUT2D eigenvalue weighted by molar-refractivity contribution is 0.416. The monoisotopic (exact) mass is 241 g/mol. The van der Waals surface area contributed by atoms with E-state index < -0.39 is 0 Å². The Bertz CT molecular complexity index is 565. The maximum atomic E-state index is 5.29. The molecule has 0 radical (unpaired) electrons. The molecule has 92 valence electrons. The van der Waals surface area contributed by atoms with Crippen molar-refractivity contribution in [2.24, 2.45) is 4.99 Å². The van der Waals surface area contributed by atoms with Gasteiger partial charge in [0.1, 0.15) is 11.4 Å². The minimum absolute atomic E-state index is 0.626. The van der Waals surface area contributed by atoms with Crippen molar-refractivity contribution in [3.8, 4) is 5.75 Å². The lowest BCUT2D eigenvalue weighted by atomic mass is 10.2. The van der Waals surface area contributed by atoms with Gasteiger partial charge in [0.05, 0.1) is 12.8 Å². The average molecular weight is 241 g/mol. The first-order chi connectivity index (χ1) is 8.70. The van der Waals surface area contributed by atoms with Crippen LogP contribution >= 0.6 is 0 Å². The van der Waals surface area contributed by atoms with Crippen LogP contribution in [0.5, 0.6) is 5.75 Å². The minimum atomic E-state index is 0.626. The molecule has 2 aromatic rings. The van der Waals surface area contributed by atoms with E-state index in [9.17, 15) is 0 Å². The second-order valence-corrected chi connectivity index (χ2v) is 3.94. The van der Waals surface area contributed by atoms with Crippen molar-refractivity contribution in [1.82, 2.24) is 9.97 Å². The summed E-state index contributed by atoms with van der Waals surface area (Å²) in [7, 11) is 1.64. The van der Waals surface area contributed by atoms with Crippen LogP contribution in [0, 0.1) is 6.92 Å². The highest BCUT2D eigenvalue weighted by Gasteiger charge is 2.04. The summed E-state index contributed by atoms with van der Waals surface area (Å²) in [6.07, 6.45) is 3.41. The van der Waals surface area contributed by atoms with Crippen molar-refractivity contribution in [1.29, 1.82) is 0 Å². The van der Waals surface area contributed by atoms with Crippen LogP contribution < -0.4 is 4.74 Å². The van der Waals surface area contributed by atoms with E-state index >= 15 is 0 Å². The number of rotatable bonds is 3. The van der Waals surface area contributed by atoms with E-state index in [4.69, 9.17) is 4.74 Å². The number of ether oxygens (including phenoxy) is 1. The van der Waals surface area contributed by atoms with E-state index in [1.54, 1.807) is 25.6 Å². The number of benzene rings is 1. The predicted molar refractivity (Wildman–Crippen MR) is 71.6 cm³/mol. The van der Waals surface area contributed by atoms with Gasteiger partial charge >= 0.3 is 0 Å². The molecule has 2 rings (SSSR count). The summed E-state index contributed by atoms with van der Waals surface area (Å²) in [5.74, 6) is 1.37. The van der Waals surface area contributed by atoms with Crippen LogP contribution in [0.1, 0.15) is 18.3 Å². The molecule has 1 aromatic carbocycles. The third kappa shape index (κ3) is 2.71. The second-order valence-electron chi connectivity index (χ2n) is 3.94. The van der Waals surface area contributed by atoms with E-state index in [1.807, 2.05) is 32.0 Å². The van der Waals surface area contributed by atoms with Crippen LogP contribution in [-0.4, -0.2) is 22.8 Å². The Morgan fingerprint density at radius 2 is 1.94 bits per heavy atom. The van der Waals surface area contributed by atoms with Crippen LogP contribution in [0.4, 0.5) is 5.69 Å². The minimum Gasteiger partial charge on any atom is -0.494 e. The zero-order chi connectivity index (χ0) is 13.0. The number of hydrogen-bond donors (Lipinski definition) is 0. The predicted octanol–water partition coefficient (Wildman–Crippen LogP) is 2.93. The van der Waals surface area contributed by atoms with Gasteiger partial charge in [0.25, 0.3) is 0 Å². The van der Waals surface area contributed by atoms with Crippen molar-refractivity contribution >= 4 is 11.4 Å². The highest BCUT2D eigenvalue weighted by Crippen LogP contribution is 2.28. The molecule has 1 aromatic heterocycles. The Morgan fingerprint density at radius 1 is 1.22 bits per heavy atom. The molecule has 0 saturated heterocycles. The molecule has 1 heterocycles. The van der Waals surface area contributed by atoms with E-state index in [-0.39, 0.29) is 0 Å². The summed E-state index contributed by atoms with van der Waals surface area (Å²) in [6, 6.07) is 7.66. The van der Waals surface area contributed by atoms with Gasteiger partial charge in [-0.25, -0.2) is 15.0 Å². The molecule has 0 aliphatic rings. The van der Waals surface area contributed by atoms with Crippen molar-refractivity contribution in [2.45, 2.75) is 13.8 Å². The van der Waals surface area contributed by atoms with Crippen LogP contribution in [0.3, 0.4) is 0 Å². The van der Waals surface area contributed by atoms with Gasteiger partial charge in [-0.05, 0) is 37.6 Å². The summed E-state index contributed by atoms with van der Waals surface area (Å²) in [4.78, 5) is 12.9. The van der Waals surface area contributed by atoms with Gasteiger partial charge in [0, 0.05) is 12.4 Å². The highest BCUT2D eigenvalue weighted by molar-refractivity contribution is 5.97. The fourth-order valence-electron chi connectivity index (χ4n) is 1.60. The Labute approximate surface area is 106 Å². The molecule has 0 N–H and O–H groups in total. The van der Waals surface area contributed by atoms with Gasteiger partial charge < -0.3 is 4.74 Å². The molecule has 0 fully saturated rings. The molecule has 0 atom stereocenters. The first-order valence-electron chi connectivity index (χ1n) is 5.68. The number of hydrogen-bond acceptors (Lipinski definition) is 4. The third-order valence-corrected chi connectivity index (χ3v) is 2.51. The Morgan fingerprint density at radius 3 is 2.61 bits per heavy atom. The van der Waals surface area contributed by atoms with E-state index in [2.05, 4.69) is 15.0 Å². The molecular weight excluding hydrogens is 226 g/mol. The number of aryl methyl sites for hydroxylation is 1. The van der Waals surface area contributed by atoms with E-state index in [1.165, 1.54) is 0 Å². The molecule has 0 aliphatic heterocycles. The van der Waals surface area contributed by atoms with Gasteiger partial charge in [-0.2, -0.15) is 0 Å². The maximum absolute atomic E-state index is 5.29. The lowest BCUT2D eigenvalue weighted by Gasteiger charge is -2.06. The Balaban J connectivity index is 2.41. The molecule has 0 unspecified atom stereocenters. The van der Waals surface area contributed by atoms with Gasteiger partial charge in [-0.3, -0.25) is 0 Å². The van der Waals surface area contributed by atoms with Gasteiger partial charge in [-0.15, -0.1) is 0 Å². The van der Waals surface area contributed by atoms with Crippen molar-refractivity contribution in [3.63, 3.8) is 0 Å². The fraction of sp³-hybridized carbons (Fsp3) is 0.214. The maximum Gasteiger partial charge on any atom is 0.173 e. The summed E-state index contributed by atoms with van der Waals surface area (Å²) < 4.78 is 5.29. The van der Waals surface area contributed by atoms with Gasteiger partial charge in [0.2, 0.25) is 0 Å². The first kappa shape index (κ1) is 12.2. The number of aromatic nitrogens is 2. The normalized spacial score (nSPS) is 11.4. The molecule has 4 heteroatoms. The van der Waals surface area contributed by atoms with Crippen LogP contribution in [-0.2, 0) is 0 Å². The van der Waals surface area contributed by atoms with Crippen molar-refractivity contribution in [3.05, 3.63) is 48.0 Å². The Kier molecular flexibility index (Phi) is 3.67.